The minimum absolute atomic E-state index is 0.0625. The highest BCUT2D eigenvalue weighted by Crippen LogP contribution is 2.38. The van der Waals surface area contributed by atoms with Gasteiger partial charge in [0.05, 0.1) is 5.69 Å². The Balaban J connectivity index is 1.83. The van der Waals surface area contributed by atoms with Gasteiger partial charge in [-0.3, -0.25) is 4.79 Å². The molecule has 0 spiro atoms. The largest absolute Gasteiger partial charge is 0.397 e. The third kappa shape index (κ3) is 2.87. The number of hydrogen-bond donors (Lipinski definition) is 2. The zero-order valence-electron chi connectivity index (χ0n) is 12.2. The highest BCUT2D eigenvalue weighted by molar-refractivity contribution is 7.21. The van der Waals surface area contributed by atoms with Crippen LogP contribution in [0.1, 0.15) is 42.8 Å². The Kier molecular flexibility index (Phi) is 3.62. The molecule has 3 nitrogen and oxygen atoms in total. The van der Waals surface area contributed by atoms with Gasteiger partial charge in [0.2, 0.25) is 0 Å². The van der Waals surface area contributed by atoms with Gasteiger partial charge in [0.1, 0.15) is 4.88 Å². The van der Waals surface area contributed by atoms with E-state index in [4.69, 9.17) is 17.3 Å². The van der Waals surface area contributed by atoms with Crippen LogP contribution in [0.4, 0.5) is 5.69 Å². The Bertz CT molecular complexity index is 708. The minimum atomic E-state index is -0.0625. The Morgan fingerprint density at radius 1 is 1.48 bits per heavy atom. The Morgan fingerprint density at radius 2 is 2.24 bits per heavy atom. The lowest BCUT2D eigenvalue weighted by Gasteiger charge is -2.17. The molecule has 1 aliphatic rings. The standard InChI is InChI=1S/C16H19ClN2OS/c1-16(2)6-5-10(8-16)19-15(20)14-13(18)11-4-3-9(17)7-12(11)21-14/h3-4,7,10H,5-6,8,18H2,1-2H3,(H,19,20). The highest BCUT2D eigenvalue weighted by atomic mass is 35.5. The van der Waals surface area contributed by atoms with Crippen molar-refractivity contribution in [3.63, 3.8) is 0 Å². The van der Waals surface area contributed by atoms with Crippen LogP contribution >= 0.6 is 22.9 Å². The van der Waals surface area contributed by atoms with E-state index in [1.54, 1.807) is 6.07 Å². The minimum Gasteiger partial charge on any atom is -0.397 e. The summed E-state index contributed by atoms with van der Waals surface area (Å²) in [5.74, 6) is -0.0625. The zero-order chi connectivity index (χ0) is 15.2. The molecule has 3 rings (SSSR count). The molecule has 5 heteroatoms. The Morgan fingerprint density at radius 3 is 2.90 bits per heavy atom. The van der Waals surface area contributed by atoms with Crippen LogP contribution in [0.15, 0.2) is 18.2 Å². The predicted molar refractivity (Wildman–Crippen MR) is 90.1 cm³/mol. The van der Waals surface area contributed by atoms with E-state index in [0.29, 0.717) is 21.0 Å². The smallest absolute Gasteiger partial charge is 0.263 e. The molecule has 21 heavy (non-hydrogen) atoms. The predicted octanol–water partition coefficient (Wildman–Crippen LogP) is 4.45. The summed E-state index contributed by atoms with van der Waals surface area (Å²) in [6.45, 7) is 4.49. The van der Waals surface area contributed by atoms with E-state index in [1.807, 2.05) is 12.1 Å². The average Bonchev–Trinajstić information content (AvgIpc) is 2.90. The molecular weight excluding hydrogens is 304 g/mol. The van der Waals surface area contributed by atoms with Gasteiger partial charge < -0.3 is 11.1 Å². The lowest BCUT2D eigenvalue weighted by Crippen LogP contribution is -2.33. The third-order valence-corrected chi connectivity index (χ3v) is 5.60. The first kappa shape index (κ1) is 14.7. The van der Waals surface area contributed by atoms with Crippen molar-refractivity contribution in [3.05, 3.63) is 28.1 Å². The first-order valence-corrected chi connectivity index (χ1v) is 8.33. The number of hydrogen-bond acceptors (Lipinski definition) is 3. The van der Waals surface area contributed by atoms with Gasteiger partial charge in [0, 0.05) is 21.2 Å². The van der Waals surface area contributed by atoms with Crippen LogP contribution < -0.4 is 11.1 Å². The third-order valence-electron chi connectivity index (χ3n) is 4.20. The summed E-state index contributed by atoms with van der Waals surface area (Å²) in [4.78, 5) is 13.1. The SMILES string of the molecule is CC1(C)CCC(NC(=O)c2sc3cc(Cl)ccc3c2N)C1. The van der Waals surface area contributed by atoms with E-state index < -0.39 is 0 Å². The van der Waals surface area contributed by atoms with Crippen molar-refractivity contribution in [2.24, 2.45) is 5.41 Å². The number of halogens is 1. The lowest BCUT2D eigenvalue weighted by atomic mass is 9.92. The van der Waals surface area contributed by atoms with Crippen LogP contribution in [0.5, 0.6) is 0 Å². The molecular formula is C16H19ClN2OS. The van der Waals surface area contributed by atoms with Gasteiger partial charge in [0.15, 0.2) is 0 Å². The van der Waals surface area contributed by atoms with E-state index in [0.717, 1.165) is 29.3 Å². The van der Waals surface area contributed by atoms with Crippen molar-refractivity contribution in [1.29, 1.82) is 0 Å². The fourth-order valence-electron chi connectivity index (χ4n) is 3.07. The van der Waals surface area contributed by atoms with E-state index in [-0.39, 0.29) is 11.9 Å². The summed E-state index contributed by atoms with van der Waals surface area (Å²) in [6.07, 6.45) is 3.21. The summed E-state index contributed by atoms with van der Waals surface area (Å²) in [6, 6.07) is 5.78. The van der Waals surface area contributed by atoms with Gasteiger partial charge in [-0.25, -0.2) is 0 Å². The van der Waals surface area contributed by atoms with Gasteiger partial charge in [0.25, 0.3) is 5.91 Å². The van der Waals surface area contributed by atoms with Crippen molar-refractivity contribution in [1.82, 2.24) is 5.32 Å². The molecule has 3 N–H and O–H groups in total. The molecule has 1 aromatic carbocycles. The molecule has 1 unspecified atom stereocenters. The maximum atomic E-state index is 12.5. The van der Waals surface area contributed by atoms with Gasteiger partial charge >= 0.3 is 0 Å². The molecule has 1 aromatic heterocycles. The maximum absolute atomic E-state index is 12.5. The first-order chi connectivity index (χ1) is 9.85. The molecule has 2 aromatic rings. The molecule has 1 aliphatic carbocycles. The van der Waals surface area contributed by atoms with Crippen LogP contribution in [-0.2, 0) is 0 Å². The van der Waals surface area contributed by atoms with Crippen LogP contribution in [0.3, 0.4) is 0 Å². The number of rotatable bonds is 2. The zero-order valence-corrected chi connectivity index (χ0v) is 13.8. The summed E-state index contributed by atoms with van der Waals surface area (Å²) in [5.41, 5.74) is 7.00. The van der Waals surface area contributed by atoms with Gasteiger partial charge in [-0.05, 0) is 42.9 Å². The van der Waals surface area contributed by atoms with Crippen LogP contribution in [0.2, 0.25) is 5.02 Å². The number of thiophene rings is 1. The second-order valence-electron chi connectivity index (χ2n) is 6.56. The molecule has 1 atom stereocenters. The summed E-state index contributed by atoms with van der Waals surface area (Å²) in [5, 5.41) is 4.69. The quantitative estimate of drug-likeness (QED) is 0.858. The molecule has 1 saturated carbocycles. The number of carbonyl (C=O) groups is 1. The number of fused-ring (bicyclic) bond motifs is 1. The average molecular weight is 323 g/mol. The fourth-order valence-corrected chi connectivity index (χ4v) is 4.37. The van der Waals surface area contributed by atoms with Gasteiger partial charge in [-0.15, -0.1) is 11.3 Å². The van der Waals surface area contributed by atoms with Crippen molar-refractivity contribution in [2.75, 3.05) is 5.73 Å². The first-order valence-electron chi connectivity index (χ1n) is 7.14. The number of carbonyl (C=O) groups excluding carboxylic acids is 1. The second kappa shape index (κ2) is 5.18. The van der Waals surface area contributed by atoms with Gasteiger partial charge in [-0.1, -0.05) is 25.4 Å². The Labute approximate surface area is 133 Å². The number of nitrogens with one attached hydrogen (secondary N) is 1. The number of anilines is 1. The number of nitrogen functional groups attached to an aromatic ring is 1. The fraction of sp³-hybridized carbons (Fsp3) is 0.438. The molecule has 0 aliphatic heterocycles. The van der Waals surface area contributed by atoms with E-state index in [1.165, 1.54) is 11.3 Å². The topological polar surface area (TPSA) is 55.1 Å². The summed E-state index contributed by atoms with van der Waals surface area (Å²) < 4.78 is 0.955. The lowest BCUT2D eigenvalue weighted by molar-refractivity contribution is 0.0941. The van der Waals surface area contributed by atoms with E-state index in [2.05, 4.69) is 19.2 Å². The molecule has 112 valence electrons. The summed E-state index contributed by atoms with van der Waals surface area (Å²) >= 11 is 7.40. The van der Waals surface area contributed by atoms with E-state index in [9.17, 15) is 4.79 Å². The normalized spacial score (nSPS) is 20.8. The number of benzene rings is 1. The second-order valence-corrected chi connectivity index (χ2v) is 8.05. The molecule has 1 amide bonds. The highest BCUT2D eigenvalue weighted by Gasteiger charge is 2.32. The molecule has 1 fully saturated rings. The number of nitrogens with two attached hydrogens (primary N) is 1. The van der Waals surface area contributed by atoms with Crippen molar-refractivity contribution >= 4 is 44.6 Å². The van der Waals surface area contributed by atoms with Crippen LogP contribution in [0.25, 0.3) is 10.1 Å². The van der Waals surface area contributed by atoms with Crippen molar-refractivity contribution in [3.8, 4) is 0 Å². The van der Waals surface area contributed by atoms with Crippen LogP contribution in [0, 0.1) is 5.41 Å². The maximum Gasteiger partial charge on any atom is 0.263 e. The Hall–Kier alpha value is -1.26. The van der Waals surface area contributed by atoms with Crippen LogP contribution in [-0.4, -0.2) is 11.9 Å². The molecule has 1 heterocycles. The van der Waals surface area contributed by atoms with Crippen molar-refractivity contribution < 1.29 is 4.79 Å². The molecule has 0 bridgehead atoms. The summed E-state index contributed by atoms with van der Waals surface area (Å²) in [7, 11) is 0. The molecule has 0 saturated heterocycles. The number of amides is 1. The molecule has 0 radical (unpaired) electrons. The van der Waals surface area contributed by atoms with Gasteiger partial charge in [-0.2, -0.15) is 0 Å². The van der Waals surface area contributed by atoms with E-state index >= 15 is 0 Å². The van der Waals surface area contributed by atoms with Crippen molar-refractivity contribution in [2.45, 2.75) is 39.2 Å². The monoisotopic (exact) mass is 322 g/mol.